The molecule has 1 aromatic heterocycles. The van der Waals surface area contributed by atoms with Gasteiger partial charge >= 0.3 is 0 Å². The first-order chi connectivity index (χ1) is 11.3. The van der Waals surface area contributed by atoms with Crippen LogP contribution < -0.4 is 5.32 Å². The minimum Gasteiger partial charge on any atom is -0.392 e. The second-order valence-electron chi connectivity index (χ2n) is 5.30. The van der Waals surface area contributed by atoms with Gasteiger partial charge in [-0.05, 0) is 29.7 Å². The van der Waals surface area contributed by atoms with Crippen LogP contribution in [0.15, 0.2) is 59.1 Å². The molecular weight excluding hydrogens is 290 g/mol. The minimum atomic E-state index is 0.0275. The highest BCUT2D eigenvalue weighted by Gasteiger charge is 2.06. The van der Waals surface area contributed by atoms with Crippen molar-refractivity contribution in [3.63, 3.8) is 0 Å². The molecule has 0 unspecified atom stereocenters. The van der Waals surface area contributed by atoms with Crippen LogP contribution in [0.5, 0.6) is 0 Å². The summed E-state index contributed by atoms with van der Waals surface area (Å²) in [6, 6.07) is 17.9. The molecule has 0 aliphatic carbocycles. The third-order valence-electron chi connectivity index (χ3n) is 3.54. The van der Waals surface area contributed by atoms with Crippen LogP contribution >= 0.6 is 0 Å². The molecule has 0 bridgehead atoms. The first kappa shape index (κ1) is 15.2. The number of aliphatic hydroxyl groups excluding tert-OH is 1. The van der Waals surface area contributed by atoms with E-state index in [-0.39, 0.29) is 6.61 Å². The van der Waals surface area contributed by atoms with Crippen LogP contribution in [-0.4, -0.2) is 15.2 Å². The van der Waals surface area contributed by atoms with Crippen molar-refractivity contribution in [2.75, 3.05) is 5.32 Å². The molecule has 0 amide bonds. The van der Waals surface area contributed by atoms with Gasteiger partial charge in [0.25, 0.3) is 0 Å². The maximum absolute atomic E-state index is 9.14. The van der Waals surface area contributed by atoms with Crippen molar-refractivity contribution < 1.29 is 9.63 Å². The van der Waals surface area contributed by atoms with Crippen molar-refractivity contribution in [1.82, 2.24) is 10.1 Å². The van der Waals surface area contributed by atoms with E-state index in [1.54, 1.807) is 0 Å². The van der Waals surface area contributed by atoms with Gasteiger partial charge in [-0.15, -0.1) is 0 Å². The Bertz CT molecular complexity index is 741. The third-order valence-corrected chi connectivity index (χ3v) is 3.54. The Hall–Kier alpha value is -2.66. The molecule has 2 N–H and O–H groups in total. The summed E-state index contributed by atoms with van der Waals surface area (Å²) in [5.41, 5.74) is 3.04. The van der Waals surface area contributed by atoms with Gasteiger partial charge < -0.3 is 14.9 Å². The van der Waals surface area contributed by atoms with Crippen LogP contribution in [-0.2, 0) is 26.0 Å². The highest BCUT2D eigenvalue weighted by molar-refractivity contribution is 5.45. The number of hydrogen-bond acceptors (Lipinski definition) is 5. The molecule has 3 rings (SSSR count). The lowest BCUT2D eigenvalue weighted by atomic mass is 10.1. The molecule has 0 saturated heterocycles. The molecule has 0 saturated carbocycles. The molecule has 3 aromatic rings. The average molecular weight is 309 g/mol. The Balaban J connectivity index is 1.52. The predicted octanol–water partition coefficient (Wildman–Crippen LogP) is 2.96. The lowest BCUT2D eigenvalue weighted by molar-refractivity contribution is 0.282. The SMILES string of the molecule is OCc1cccc(NCc2nc(CCc3ccccc3)no2)c1. The van der Waals surface area contributed by atoms with Crippen LogP contribution in [0.2, 0.25) is 0 Å². The molecule has 0 atom stereocenters. The molecule has 118 valence electrons. The number of aromatic nitrogens is 2. The second kappa shape index (κ2) is 7.56. The first-order valence-corrected chi connectivity index (χ1v) is 7.62. The largest absolute Gasteiger partial charge is 0.392 e. The van der Waals surface area contributed by atoms with Gasteiger partial charge in [0, 0.05) is 12.1 Å². The molecule has 23 heavy (non-hydrogen) atoms. The van der Waals surface area contributed by atoms with Gasteiger partial charge in [-0.25, -0.2) is 0 Å². The van der Waals surface area contributed by atoms with Gasteiger partial charge in [0.15, 0.2) is 5.82 Å². The Kier molecular flexibility index (Phi) is 5.01. The quantitative estimate of drug-likeness (QED) is 0.702. The molecule has 1 heterocycles. The molecular formula is C18H19N3O2. The Labute approximate surface area is 135 Å². The fraction of sp³-hybridized carbons (Fsp3) is 0.222. The summed E-state index contributed by atoms with van der Waals surface area (Å²) >= 11 is 0. The molecule has 0 radical (unpaired) electrons. The summed E-state index contributed by atoms with van der Waals surface area (Å²) in [5, 5.41) is 16.4. The van der Waals surface area contributed by atoms with Crippen LogP contribution in [0, 0.1) is 0 Å². The van der Waals surface area contributed by atoms with E-state index in [1.807, 2.05) is 42.5 Å². The van der Waals surface area contributed by atoms with Crippen LogP contribution in [0.4, 0.5) is 5.69 Å². The van der Waals surface area contributed by atoms with Gasteiger partial charge in [-0.1, -0.05) is 47.6 Å². The molecule has 0 aliphatic rings. The van der Waals surface area contributed by atoms with Gasteiger partial charge in [-0.2, -0.15) is 4.98 Å². The fourth-order valence-electron chi connectivity index (χ4n) is 2.32. The highest BCUT2D eigenvalue weighted by Crippen LogP contribution is 2.12. The first-order valence-electron chi connectivity index (χ1n) is 7.62. The molecule has 0 aliphatic heterocycles. The normalized spacial score (nSPS) is 10.7. The summed E-state index contributed by atoms with van der Waals surface area (Å²) in [4.78, 5) is 4.39. The average Bonchev–Trinajstić information content (AvgIpc) is 3.07. The van der Waals surface area contributed by atoms with E-state index in [0.717, 1.165) is 29.9 Å². The molecule has 0 fully saturated rings. The van der Waals surface area contributed by atoms with Gasteiger partial charge in [0.1, 0.15) is 0 Å². The van der Waals surface area contributed by atoms with Crippen molar-refractivity contribution in [2.24, 2.45) is 0 Å². The predicted molar refractivity (Wildman–Crippen MR) is 87.8 cm³/mol. The topological polar surface area (TPSA) is 71.2 Å². The summed E-state index contributed by atoms with van der Waals surface area (Å²) in [6.45, 7) is 0.493. The standard InChI is InChI=1S/C18H19N3O2/c22-13-15-7-4-8-16(11-15)19-12-18-20-17(21-23-18)10-9-14-5-2-1-3-6-14/h1-8,11,19,22H,9-10,12-13H2. The van der Waals surface area contributed by atoms with E-state index in [9.17, 15) is 0 Å². The third kappa shape index (κ3) is 4.40. The maximum Gasteiger partial charge on any atom is 0.245 e. The summed E-state index contributed by atoms with van der Waals surface area (Å²) in [6.07, 6.45) is 1.65. The van der Waals surface area contributed by atoms with Crippen LogP contribution in [0.3, 0.4) is 0 Å². The number of hydrogen-bond donors (Lipinski definition) is 2. The number of benzene rings is 2. The smallest absolute Gasteiger partial charge is 0.245 e. The van der Waals surface area contributed by atoms with E-state index >= 15 is 0 Å². The van der Waals surface area contributed by atoms with E-state index < -0.39 is 0 Å². The van der Waals surface area contributed by atoms with Crippen molar-refractivity contribution >= 4 is 5.69 Å². The lowest BCUT2D eigenvalue weighted by Gasteiger charge is -2.04. The number of nitrogens with one attached hydrogen (secondary N) is 1. The van der Waals surface area contributed by atoms with E-state index in [2.05, 4.69) is 27.6 Å². The number of nitrogens with zero attached hydrogens (tertiary/aromatic N) is 2. The fourth-order valence-corrected chi connectivity index (χ4v) is 2.32. The maximum atomic E-state index is 9.14. The molecule has 5 heteroatoms. The summed E-state index contributed by atoms with van der Waals surface area (Å²) in [7, 11) is 0. The van der Waals surface area contributed by atoms with Crippen molar-refractivity contribution in [2.45, 2.75) is 26.0 Å². The van der Waals surface area contributed by atoms with Crippen molar-refractivity contribution in [1.29, 1.82) is 0 Å². The molecule has 5 nitrogen and oxygen atoms in total. The monoisotopic (exact) mass is 309 g/mol. The Morgan fingerprint density at radius 1 is 0.957 bits per heavy atom. The summed E-state index contributed by atoms with van der Waals surface area (Å²) in [5.74, 6) is 1.28. The summed E-state index contributed by atoms with van der Waals surface area (Å²) < 4.78 is 5.26. The zero-order valence-corrected chi connectivity index (χ0v) is 12.8. The number of aliphatic hydroxyl groups is 1. The Morgan fingerprint density at radius 3 is 2.61 bits per heavy atom. The highest BCUT2D eigenvalue weighted by atomic mass is 16.5. The van der Waals surface area contributed by atoms with Gasteiger partial charge in [0.05, 0.1) is 13.2 Å². The number of anilines is 1. The minimum absolute atomic E-state index is 0.0275. The molecule has 2 aromatic carbocycles. The van der Waals surface area contributed by atoms with E-state index in [4.69, 9.17) is 9.63 Å². The van der Waals surface area contributed by atoms with Crippen LogP contribution in [0.25, 0.3) is 0 Å². The van der Waals surface area contributed by atoms with Gasteiger partial charge in [-0.3, -0.25) is 0 Å². The zero-order chi connectivity index (χ0) is 15.9. The van der Waals surface area contributed by atoms with Crippen molar-refractivity contribution in [3.05, 3.63) is 77.4 Å². The van der Waals surface area contributed by atoms with Crippen molar-refractivity contribution in [3.8, 4) is 0 Å². The number of rotatable bonds is 7. The Morgan fingerprint density at radius 2 is 1.78 bits per heavy atom. The lowest BCUT2D eigenvalue weighted by Crippen LogP contribution is -2.01. The van der Waals surface area contributed by atoms with Crippen LogP contribution in [0.1, 0.15) is 22.8 Å². The zero-order valence-electron chi connectivity index (χ0n) is 12.8. The molecule has 0 spiro atoms. The van der Waals surface area contributed by atoms with E-state index in [0.29, 0.717) is 12.4 Å². The van der Waals surface area contributed by atoms with E-state index in [1.165, 1.54) is 5.56 Å². The number of aryl methyl sites for hydroxylation is 2. The second-order valence-corrected chi connectivity index (χ2v) is 5.30. The van der Waals surface area contributed by atoms with Gasteiger partial charge in [0.2, 0.25) is 5.89 Å².